The maximum atomic E-state index is 11.9. The Balaban J connectivity index is 1.81. The molecule has 140 valence electrons. The van der Waals surface area contributed by atoms with Gasteiger partial charge in [0.05, 0.1) is 17.0 Å². The molecule has 0 aliphatic carbocycles. The number of hydrogen-bond acceptors (Lipinski definition) is 4. The Morgan fingerprint density at radius 3 is 2.79 bits per heavy atom. The summed E-state index contributed by atoms with van der Waals surface area (Å²) in [5.41, 5.74) is 10.4. The van der Waals surface area contributed by atoms with Crippen molar-refractivity contribution >= 4 is 28.8 Å². The van der Waals surface area contributed by atoms with E-state index in [1.807, 2.05) is 53.3 Å². The zero-order valence-corrected chi connectivity index (χ0v) is 16.7. The highest BCUT2D eigenvalue weighted by Gasteiger charge is 2.19. The van der Waals surface area contributed by atoms with Gasteiger partial charge in [0.1, 0.15) is 5.01 Å². The Hall–Kier alpha value is -2.96. The van der Waals surface area contributed by atoms with E-state index in [0.717, 1.165) is 33.2 Å². The highest BCUT2D eigenvalue weighted by Crippen LogP contribution is 2.32. The van der Waals surface area contributed by atoms with Crippen LogP contribution in [0.15, 0.2) is 60.2 Å². The number of primary amides is 1. The molecule has 7 heteroatoms. The zero-order valence-electron chi connectivity index (χ0n) is 15.1. The molecule has 1 aromatic carbocycles. The van der Waals surface area contributed by atoms with Gasteiger partial charge >= 0.3 is 0 Å². The SMILES string of the molecule is Cc1c(C(N)=O)cc(-c2csc(-c3cccnc3)n2)n1Cc1ccccc1Cl. The topological polar surface area (TPSA) is 73.8 Å². The Bertz CT molecular complexity index is 1150. The molecule has 1 amide bonds. The van der Waals surface area contributed by atoms with Crippen LogP contribution in [0.5, 0.6) is 0 Å². The quantitative estimate of drug-likeness (QED) is 0.516. The van der Waals surface area contributed by atoms with Crippen molar-refractivity contribution in [3.8, 4) is 22.0 Å². The molecule has 0 radical (unpaired) electrons. The van der Waals surface area contributed by atoms with Crippen molar-refractivity contribution in [3.63, 3.8) is 0 Å². The Morgan fingerprint density at radius 2 is 2.07 bits per heavy atom. The number of pyridine rings is 1. The molecule has 2 N–H and O–H groups in total. The summed E-state index contributed by atoms with van der Waals surface area (Å²) >= 11 is 7.89. The highest BCUT2D eigenvalue weighted by atomic mass is 35.5. The van der Waals surface area contributed by atoms with Gasteiger partial charge in [0.15, 0.2) is 0 Å². The fourth-order valence-corrected chi connectivity index (χ4v) is 4.12. The van der Waals surface area contributed by atoms with Crippen molar-refractivity contribution in [1.82, 2.24) is 14.5 Å². The molecule has 3 heterocycles. The Morgan fingerprint density at radius 1 is 1.25 bits per heavy atom. The summed E-state index contributed by atoms with van der Waals surface area (Å²) in [4.78, 5) is 20.8. The minimum atomic E-state index is -0.459. The third kappa shape index (κ3) is 3.44. The lowest BCUT2D eigenvalue weighted by Gasteiger charge is -2.12. The number of carbonyl (C=O) groups excluding carboxylic acids is 1. The van der Waals surface area contributed by atoms with E-state index in [2.05, 4.69) is 4.98 Å². The molecule has 3 aromatic heterocycles. The van der Waals surface area contributed by atoms with Gasteiger partial charge in [0.2, 0.25) is 0 Å². The molecule has 0 spiro atoms. The molecule has 0 unspecified atom stereocenters. The summed E-state index contributed by atoms with van der Waals surface area (Å²) < 4.78 is 2.03. The van der Waals surface area contributed by atoms with E-state index >= 15 is 0 Å². The number of halogens is 1. The molecule has 5 nitrogen and oxygen atoms in total. The van der Waals surface area contributed by atoms with Crippen LogP contribution >= 0.6 is 22.9 Å². The second-order valence-corrected chi connectivity index (χ2v) is 7.62. The van der Waals surface area contributed by atoms with Crippen LogP contribution in [0.3, 0.4) is 0 Å². The van der Waals surface area contributed by atoms with Crippen molar-refractivity contribution < 1.29 is 4.79 Å². The number of amides is 1. The van der Waals surface area contributed by atoms with Crippen molar-refractivity contribution in [2.75, 3.05) is 0 Å². The number of benzene rings is 1. The van der Waals surface area contributed by atoms with Gasteiger partial charge in [-0.2, -0.15) is 0 Å². The summed E-state index contributed by atoms with van der Waals surface area (Å²) in [6.07, 6.45) is 3.51. The summed E-state index contributed by atoms with van der Waals surface area (Å²) in [7, 11) is 0. The van der Waals surface area contributed by atoms with Gasteiger partial charge in [-0.05, 0) is 36.8 Å². The Kier molecular flexibility index (Phi) is 4.98. The second kappa shape index (κ2) is 7.58. The van der Waals surface area contributed by atoms with Gasteiger partial charge in [-0.25, -0.2) is 4.98 Å². The lowest BCUT2D eigenvalue weighted by atomic mass is 10.2. The molecule has 0 fully saturated rings. The van der Waals surface area contributed by atoms with E-state index in [-0.39, 0.29) is 0 Å². The monoisotopic (exact) mass is 408 g/mol. The van der Waals surface area contributed by atoms with Crippen molar-refractivity contribution in [2.24, 2.45) is 5.73 Å². The number of rotatable bonds is 5. The average Bonchev–Trinajstić information content (AvgIpc) is 3.30. The van der Waals surface area contributed by atoms with Gasteiger partial charge < -0.3 is 10.3 Å². The second-order valence-electron chi connectivity index (χ2n) is 6.35. The molecule has 0 aliphatic heterocycles. The number of nitrogens with two attached hydrogens (primary N) is 1. The Labute approximate surface area is 171 Å². The normalized spacial score (nSPS) is 10.9. The van der Waals surface area contributed by atoms with Gasteiger partial charge in [-0.3, -0.25) is 9.78 Å². The molecule has 0 saturated carbocycles. The molecule has 28 heavy (non-hydrogen) atoms. The molecular formula is C21H17ClN4OS. The minimum Gasteiger partial charge on any atom is -0.366 e. The van der Waals surface area contributed by atoms with Crippen LogP contribution in [0, 0.1) is 6.92 Å². The van der Waals surface area contributed by atoms with Crippen LogP contribution in [0.1, 0.15) is 21.6 Å². The van der Waals surface area contributed by atoms with E-state index in [1.165, 1.54) is 11.3 Å². The smallest absolute Gasteiger partial charge is 0.250 e. The van der Waals surface area contributed by atoms with E-state index in [1.54, 1.807) is 18.5 Å². The van der Waals surface area contributed by atoms with Crippen LogP contribution in [-0.2, 0) is 6.54 Å². The standard InChI is InChI=1S/C21H17ClN4OS/c1-13-16(20(23)27)9-19(26(13)11-15-5-2-3-7-17(15)22)18-12-28-21(25-18)14-6-4-8-24-10-14/h2-10,12H,11H2,1H3,(H2,23,27). The van der Waals surface area contributed by atoms with Crippen LogP contribution in [-0.4, -0.2) is 20.4 Å². The van der Waals surface area contributed by atoms with Crippen LogP contribution < -0.4 is 5.73 Å². The maximum Gasteiger partial charge on any atom is 0.250 e. The minimum absolute atomic E-state index is 0.459. The van der Waals surface area contributed by atoms with E-state index < -0.39 is 5.91 Å². The number of nitrogens with zero attached hydrogens (tertiary/aromatic N) is 3. The van der Waals surface area contributed by atoms with Gasteiger partial charge in [0, 0.05) is 40.6 Å². The molecule has 4 aromatic rings. The number of aromatic nitrogens is 3. The summed E-state index contributed by atoms with van der Waals surface area (Å²) in [6, 6.07) is 13.3. The largest absolute Gasteiger partial charge is 0.366 e. The number of thiazole rings is 1. The first-order valence-corrected chi connectivity index (χ1v) is 9.90. The third-order valence-corrected chi connectivity index (χ3v) is 5.85. The van der Waals surface area contributed by atoms with Crippen molar-refractivity contribution in [2.45, 2.75) is 13.5 Å². The zero-order chi connectivity index (χ0) is 19.7. The first-order valence-electron chi connectivity index (χ1n) is 8.64. The van der Waals surface area contributed by atoms with Crippen LogP contribution in [0.4, 0.5) is 0 Å². The van der Waals surface area contributed by atoms with Gasteiger partial charge in [-0.15, -0.1) is 11.3 Å². The number of hydrogen-bond donors (Lipinski definition) is 1. The van der Waals surface area contributed by atoms with E-state index in [4.69, 9.17) is 22.3 Å². The highest BCUT2D eigenvalue weighted by molar-refractivity contribution is 7.13. The molecule has 0 saturated heterocycles. The lowest BCUT2D eigenvalue weighted by Crippen LogP contribution is -2.12. The number of carbonyl (C=O) groups is 1. The average molecular weight is 409 g/mol. The maximum absolute atomic E-state index is 11.9. The predicted molar refractivity (Wildman–Crippen MR) is 113 cm³/mol. The fraction of sp³-hybridized carbons (Fsp3) is 0.0952. The molecule has 4 rings (SSSR count). The van der Waals surface area contributed by atoms with Crippen molar-refractivity contribution in [1.29, 1.82) is 0 Å². The first-order chi connectivity index (χ1) is 13.5. The first kappa shape index (κ1) is 18.4. The molecule has 0 bridgehead atoms. The predicted octanol–water partition coefficient (Wildman–Crippen LogP) is 4.78. The fourth-order valence-electron chi connectivity index (χ4n) is 3.12. The molecule has 0 aliphatic rings. The van der Waals surface area contributed by atoms with E-state index in [9.17, 15) is 4.79 Å². The lowest BCUT2D eigenvalue weighted by molar-refractivity contribution is 0.0999. The summed E-state index contributed by atoms with van der Waals surface area (Å²) in [5.74, 6) is -0.459. The van der Waals surface area contributed by atoms with Crippen LogP contribution in [0.25, 0.3) is 22.0 Å². The molecular weight excluding hydrogens is 392 g/mol. The van der Waals surface area contributed by atoms with Gasteiger partial charge in [0.25, 0.3) is 5.91 Å². The van der Waals surface area contributed by atoms with E-state index in [0.29, 0.717) is 17.1 Å². The van der Waals surface area contributed by atoms with Crippen LogP contribution in [0.2, 0.25) is 5.02 Å². The molecule has 0 atom stereocenters. The third-order valence-electron chi connectivity index (χ3n) is 4.59. The summed E-state index contributed by atoms with van der Waals surface area (Å²) in [5, 5.41) is 3.52. The van der Waals surface area contributed by atoms with Gasteiger partial charge in [-0.1, -0.05) is 29.8 Å². The van der Waals surface area contributed by atoms with Crippen molar-refractivity contribution in [3.05, 3.63) is 82.1 Å². The summed E-state index contributed by atoms with van der Waals surface area (Å²) in [6.45, 7) is 2.41.